The van der Waals surface area contributed by atoms with Crippen LogP contribution in [0.5, 0.6) is 11.5 Å². The summed E-state index contributed by atoms with van der Waals surface area (Å²) in [4.78, 5) is 105. The molecule has 3 fully saturated rings. The Balaban J connectivity index is 1.22. The Kier molecular flexibility index (Phi) is 7.35. The number of imide groups is 1. The Morgan fingerprint density at radius 3 is 2.21 bits per heavy atom. The largest absolute Gasteiger partial charge is 0.504 e. The van der Waals surface area contributed by atoms with Gasteiger partial charge in [0.05, 0.1) is 30.1 Å². The molecule has 1 aromatic carbocycles. The van der Waals surface area contributed by atoms with Crippen LogP contribution in [0.4, 0.5) is 5.13 Å². The van der Waals surface area contributed by atoms with Crippen molar-refractivity contribution < 1.29 is 68.4 Å². The summed E-state index contributed by atoms with van der Waals surface area (Å²) in [6.07, 6.45) is -0.798. The molecule has 0 bridgehead atoms. The van der Waals surface area contributed by atoms with E-state index in [4.69, 9.17) is 20.1 Å². The number of phenolic OH excluding ortho intramolecular Hbond substituents is 2. The highest BCUT2D eigenvalue weighted by molar-refractivity contribution is 7.13. The van der Waals surface area contributed by atoms with Crippen LogP contribution in [0, 0.1) is 5.92 Å². The topological polar surface area (TPSA) is 286 Å². The fraction of sp³-hybridized carbons (Fsp3) is 0.370. The van der Waals surface area contributed by atoms with Crippen molar-refractivity contribution in [3.63, 3.8) is 0 Å². The number of nitrogens with zero attached hydrogens (tertiary/aromatic N) is 4. The number of aromatic nitrogens is 1. The zero-order valence-electron chi connectivity index (χ0n) is 23.8. The van der Waals surface area contributed by atoms with E-state index in [1.807, 2.05) is 0 Å². The van der Waals surface area contributed by atoms with E-state index in [9.17, 15) is 54.0 Å². The van der Waals surface area contributed by atoms with Crippen LogP contribution in [0.25, 0.3) is 0 Å². The number of aromatic hydroxyl groups is 2. The maximum Gasteiger partial charge on any atom is 0.372 e. The first-order valence-corrected chi connectivity index (χ1v) is 14.7. The van der Waals surface area contributed by atoms with Gasteiger partial charge in [-0.25, -0.2) is 19.4 Å². The number of fused-ring (bicyclic) bond motifs is 1. The molecule has 1 saturated carbocycles. The molecule has 1 aromatic heterocycles. The fourth-order valence-corrected chi connectivity index (χ4v) is 6.10. The summed E-state index contributed by atoms with van der Waals surface area (Å²) in [6.45, 7) is -0.570. The van der Waals surface area contributed by atoms with Crippen LogP contribution in [-0.2, 0) is 38.4 Å². The quantitative estimate of drug-likeness (QED) is 0.0705. The van der Waals surface area contributed by atoms with Gasteiger partial charge in [-0.3, -0.25) is 28.9 Å². The molecule has 2 saturated heterocycles. The van der Waals surface area contributed by atoms with E-state index < -0.39 is 101 Å². The van der Waals surface area contributed by atoms with Gasteiger partial charge in [-0.1, -0.05) is 5.16 Å². The summed E-state index contributed by atoms with van der Waals surface area (Å²) in [5.41, 5.74) is -0.0626. The Morgan fingerprint density at radius 2 is 1.70 bits per heavy atom. The number of thiazole rings is 1. The standard InChI is InChI=1S/C27H23N5O14S/c28-25-29-13(9-47-25)18(30-46-26(23(40)41)2-1-3-26)17(35)4-10-8-44-32(19(10)36)27(24(42)43)7-14(22(39)45-27)31-20(37)11-5-15(33)16(34)6-12(11)21(31)38/h5-6,9-10,14,33-34H,1-4,7-8H2,(H2,28,29)(H,40,41)(H,42,43)/b30-18-/t10-,14-,27?/m0/s1. The van der Waals surface area contributed by atoms with Gasteiger partial charge >= 0.3 is 23.6 Å². The third-order valence-electron chi connectivity index (χ3n) is 8.28. The average Bonchev–Trinajstić information content (AvgIpc) is 3.72. The predicted octanol–water partition coefficient (Wildman–Crippen LogP) is -0.394. The third kappa shape index (κ3) is 4.88. The number of rotatable bonds is 10. The van der Waals surface area contributed by atoms with Gasteiger partial charge in [0.1, 0.15) is 11.7 Å². The summed E-state index contributed by atoms with van der Waals surface area (Å²) in [5.74, 6) is -11.5. The number of nitrogen functional groups attached to an aromatic ring is 1. The molecule has 4 aliphatic rings. The number of ether oxygens (including phenoxy) is 1. The molecule has 19 nitrogen and oxygen atoms in total. The minimum Gasteiger partial charge on any atom is -0.504 e. The van der Waals surface area contributed by atoms with Crippen LogP contribution in [0.3, 0.4) is 0 Å². The van der Waals surface area contributed by atoms with Crippen molar-refractivity contribution in [2.24, 2.45) is 11.1 Å². The molecule has 1 unspecified atom stereocenters. The van der Waals surface area contributed by atoms with Gasteiger partial charge in [-0.15, -0.1) is 11.3 Å². The first kappa shape index (κ1) is 31.4. The Morgan fingerprint density at radius 1 is 1.06 bits per heavy atom. The number of carboxylic acid groups (broad SMARTS) is 2. The van der Waals surface area contributed by atoms with Gasteiger partial charge in [0.2, 0.25) is 5.60 Å². The molecule has 3 atom stereocenters. The lowest BCUT2D eigenvalue weighted by molar-refractivity contribution is -0.256. The minimum absolute atomic E-state index is 0.0520. The number of carbonyl (C=O) groups is 7. The number of hydrogen-bond donors (Lipinski definition) is 5. The first-order valence-electron chi connectivity index (χ1n) is 13.8. The molecule has 0 spiro atoms. The second kappa shape index (κ2) is 11.0. The van der Waals surface area contributed by atoms with E-state index in [2.05, 4.69) is 10.1 Å². The molecule has 3 aliphatic heterocycles. The van der Waals surface area contributed by atoms with Crippen LogP contribution in [-0.4, -0.2) is 106 Å². The van der Waals surface area contributed by atoms with Crippen LogP contribution in [0.15, 0.2) is 22.7 Å². The van der Waals surface area contributed by atoms with Crippen molar-refractivity contribution in [2.75, 3.05) is 12.3 Å². The number of ketones is 1. The zero-order chi connectivity index (χ0) is 34.0. The van der Waals surface area contributed by atoms with Crippen LogP contribution in [0.2, 0.25) is 0 Å². The molecule has 0 radical (unpaired) electrons. The van der Waals surface area contributed by atoms with Gasteiger partial charge < -0.3 is 35.7 Å². The number of phenols is 2. The number of oxime groups is 1. The summed E-state index contributed by atoms with van der Waals surface area (Å²) in [5, 5.41) is 44.7. The highest BCUT2D eigenvalue weighted by atomic mass is 32.1. The summed E-state index contributed by atoms with van der Waals surface area (Å²) in [7, 11) is 0. The van der Waals surface area contributed by atoms with Crippen LogP contribution >= 0.6 is 11.3 Å². The first-order chi connectivity index (χ1) is 22.2. The normalized spacial score (nSPS) is 25.1. The second-order valence-corrected chi connectivity index (χ2v) is 12.0. The van der Waals surface area contributed by atoms with Crippen molar-refractivity contribution in [3.05, 3.63) is 34.3 Å². The number of Topliss-reactive ketones (excluding diaryl/α,β-unsaturated/α-hetero) is 1. The number of benzene rings is 1. The molecule has 6 rings (SSSR count). The number of amides is 3. The number of hydrogen-bond acceptors (Lipinski definition) is 16. The van der Waals surface area contributed by atoms with E-state index in [1.54, 1.807) is 0 Å². The maximum absolute atomic E-state index is 13.5. The number of carbonyl (C=O) groups excluding carboxylic acids is 5. The molecule has 6 N–H and O–H groups in total. The van der Waals surface area contributed by atoms with Crippen LogP contribution < -0.4 is 5.73 Å². The SMILES string of the molecule is Nc1nc(/C(=N/OC2(C(=O)O)CCC2)C(=O)C[C@H]2CON(C3(C(=O)O)C[C@H](N4C(=O)c5cc(O)c(O)cc5C4=O)C(=O)O3)C2=O)cs1. The second-order valence-electron chi connectivity index (χ2n) is 11.1. The summed E-state index contributed by atoms with van der Waals surface area (Å²) in [6, 6.07) is -0.250. The van der Waals surface area contributed by atoms with Crippen molar-refractivity contribution >= 4 is 63.6 Å². The fourth-order valence-electron chi connectivity index (χ4n) is 5.55. The zero-order valence-corrected chi connectivity index (χ0v) is 24.6. The van der Waals surface area contributed by atoms with E-state index in [0.717, 1.165) is 23.5 Å². The summed E-state index contributed by atoms with van der Waals surface area (Å²) >= 11 is 0.953. The molecular weight excluding hydrogens is 650 g/mol. The lowest BCUT2D eigenvalue weighted by Gasteiger charge is -2.34. The molecular formula is C27H23N5O14S. The number of cyclic esters (lactones) is 1. The number of nitrogens with two attached hydrogens (primary N) is 1. The Bertz CT molecular complexity index is 1780. The number of aliphatic carboxylic acids is 2. The van der Waals surface area contributed by atoms with Crippen molar-refractivity contribution in [1.29, 1.82) is 0 Å². The smallest absolute Gasteiger partial charge is 0.372 e. The lowest BCUT2D eigenvalue weighted by Crippen LogP contribution is -2.56. The summed E-state index contributed by atoms with van der Waals surface area (Å²) < 4.78 is 5.11. The van der Waals surface area contributed by atoms with Crippen molar-refractivity contribution in [2.45, 2.75) is 49.5 Å². The molecule has 3 amide bonds. The van der Waals surface area contributed by atoms with Gasteiger partial charge in [-0.05, 0) is 18.6 Å². The number of hydroxylamine groups is 2. The van der Waals surface area contributed by atoms with Gasteiger partial charge in [0.15, 0.2) is 28.1 Å². The van der Waals surface area contributed by atoms with Crippen molar-refractivity contribution in [3.8, 4) is 11.5 Å². The van der Waals surface area contributed by atoms with Gasteiger partial charge in [-0.2, -0.15) is 5.06 Å². The predicted molar refractivity (Wildman–Crippen MR) is 149 cm³/mol. The molecule has 4 heterocycles. The molecule has 20 heteroatoms. The average molecular weight is 674 g/mol. The maximum atomic E-state index is 13.5. The highest BCUT2D eigenvalue weighted by Gasteiger charge is 2.65. The highest BCUT2D eigenvalue weighted by Crippen LogP contribution is 2.42. The molecule has 47 heavy (non-hydrogen) atoms. The van der Waals surface area contributed by atoms with Gasteiger partial charge in [0, 0.05) is 24.6 Å². The lowest BCUT2D eigenvalue weighted by atomic mass is 9.80. The Hall–Kier alpha value is -5.63. The molecule has 246 valence electrons. The molecule has 1 aliphatic carbocycles. The van der Waals surface area contributed by atoms with E-state index >= 15 is 0 Å². The Labute approximate surface area is 265 Å². The van der Waals surface area contributed by atoms with E-state index in [1.165, 1.54) is 5.38 Å². The van der Waals surface area contributed by atoms with Gasteiger partial charge in [0.25, 0.3) is 17.7 Å². The number of anilines is 1. The number of carboxylic acids is 2. The minimum atomic E-state index is -2.86. The van der Waals surface area contributed by atoms with Crippen LogP contribution in [0.1, 0.15) is 58.5 Å². The van der Waals surface area contributed by atoms with Crippen molar-refractivity contribution in [1.82, 2.24) is 14.9 Å². The monoisotopic (exact) mass is 673 g/mol. The third-order valence-corrected chi connectivity index (χ3v) is 8.95. The number of esters is 1. The molecule has 2 aromatic rings. The van der Waals surface area contributed by atoms with E-state index in [-0.39, 0.29) is 39.9 Å². The van der Waals surface area contributed by atoms with E-state index in [0.29, 0.717) is 11.3 Å².